The summed E-state index contributed by atoms with van der Waals surface area (Å²) in [6, 6.07) is 6.86. The lowest BCUT2D eigenvalue weighted by Crippen LogP contribution is -2.51. The minimum atomic E-state index is -0.723. The molecule has 4 aromatic rings. The highest BCUT2D eigenvalue weighted by Crippen LogP contribution is 2.49. The van der Waals surface area contributed by atoms with E-state index in [2.05, 4.69) is 48.3 Å². The lowest BCUT2D eigenvalue weighted by Gasteiger charge is -2.37. The summed E-state index contributed by atoms with van der Waals surface area (Å²) in [4.78, 5) is 23.9. The van der Waals surface area contributed by atoms with Gasteiger partial charge in [0.1, 0.15) is 35.7 Å². The summed E-state index contributed by atoms with van der Waals surface area (Å²) in [7, 11) is 1.59. The number of benzene rings is 2. The van der Waals surface area contributed by atoms with E-state index in [0.717, 1.165) is 63.9 Å². The molecule has 0 spiro atoms. The fraction of sp³-hybridized carbons (Fsp3) is 0.421. The van der Waals surface area contributed by atoms with Crippen molar-refractivity contribution in [3.63, 3.8) is 0 Å². The second-order valence-electron chi connectivity index (χ2n) is 14.4. The smallest absolute Gasteiger partial charge is 0.319 e. The lowest BCUT2D eigenvalue weighted by molar-refractivity contribution is 0.118. The van der Waals surface area contributed by atoms with Gasteiger partial charge in [0.25, 0.3) is 0 Å². The zero-order valence-electron chi connectivity index (χ0n) is 27.7. The third-order valence-electron chi connectivity index (χ3n) is 11.1. The van der Waals surface area contributed by atoms with Crippen molar-refractivity contribution in [2.45, 2.75) is 62.7 Å². The molecule has 12 heteroatoms. The first kappa shape index (κ1) is 31.1. The molecule has 5 aliphatic rings. The van der Waals surface area contributed by atoms with Gasteiger partial charge in [-0.25, -0.2) is 8.78 Å². The number of piperidine rings is 1. The van der Waals surface area contributed by atoms with Gasteiger partial charge >= 0.3 is 6.01 Å². The van der Waals surface area contributed by atoms with Gasteiger partial charge in [0.15, 0.2) is 5.82 Å². The average Bonchev–Trinajstić information content (AvgIpc) is 3.74. The van der Waals surface area contributed by atoms with Crippen molar-refractivity contribution in [2.24, 2.45) is 10.6 Å². The molecule has 2 unspecified atom stereocenters. The standard InChI is InChI=1S/C38H37F2N7O3/c1-3-28-31(39)9-4-21-12-27(48)15-29(32(21)28)34-33(40)35-30(16-41-34)36(46-17-22-5-6-23(18-46)42-22)44-37(43-35)50-20-38(10-11-38)19-47-25-7-8-26(47)14-24(13-25)45-49-2/h1,4,7-9,12,15-16,22-23,25-26,42,48H,5-6,10-11,13-14,17-20H2,2H3/t22-,23+,25?,26?. The van der Waals surface area contributed by atoms with Crippen LogP contribution in [0.3, 0.4) is 0 Å². The van der Waals surface area contributed by atoms with Gasteiger partial charge in [0.2, 0.25) is 0 Å². The Morgan fingerprint density at radius 3 is 2.56 bits per heavy atom. The molecule has 1 aliphatic carbocycles. The van der Waals surface area contributed by atoms with Gasteiger partial charge in [-0.2, -0.15) is 9.97 Å². The Hall–Kier alpha value is -4.86. The number of nitrogens with zero attached hydrogens (tertiary/aromatic N) is 6. The number of terminal acetylenes is 1. The van der Waals surface area contributed by atoms with Crippen LogP contribution in [0.1, 0.15) is 44.1 Å². The van der Waals surface area contributed by atoms with E-state index >= 15 is 4.39 Å². The van der Waals surface area contributed by atoms with Crippen molar-refractivity contribution in [3.8, 4) is 35.4 Å². The zero-order chi connectivity index (χ0) is 34.1. The van der Waals surface area contributed by atoms with Gasteiger partial charge in [0, 0.05) is 79.2 Å². The molecule has 4 atom stereocenters. The molecule has 2 N–H and O–H groups in total. The molecule has 0 radical (unpaired) electrons. The van der Waals surface area contributed by atoms with Crippen molar-refractivity contribution in [3.05, 3.63) is 59.8 Å². The van der Waals surface area contributed by atoms with Gasteiger partial charge in [-0.1, -0.05) is 29.3 Å². The summed E-state index contributed by atoms with van der Waals surface area (Å²) >= 11 is 0. The van der Waals surface area contributed by atoms with E-state index in [1.54, 1.807) is 13.3 Å². The van der Waals surface area contributed by atoms with Crippen LogP contribution in [0.5, 0.6) is 11.8 Å². The number of pyridine rings is 1. The van der Waals surface area contributed by atoms with Crippen LogP contribution in [0.4, 0.5) is 14.6 Å². The molecular weight excluding hydrogens is 640 g/mol. The summed E-state index contributed by atoms with van der Waals surface area (Å²) in [5.41, 5.74) is 1.12. The molecule has 4 aliphatic heterocycles. The van der Waals surface area contributed by atoms with Crippen molar-refractivity contribution in [1.29, 1.82) is 0 Å². The summed E-state index contributed by atoms with van der Waals surface area (Å²) in [5, 5.41) is 19.7. The molecule has 4 bridgehead atoms. The number of nitrogens with one attached hydrogen (secondary N) is 1. The van der Waals surface area contributed by atoms with E-state index in [-0.39, 0.29) is 57.0 Å². The largest absolute Gasteiger partial charge is 0.508 e. The Kier molecular flexibility index (Phi) is 7.40. The molecule has 4 fully saturated rings. The van der Waals surface area contributed by atoms with Crippen molar-refractivity contribution in [2.75, 3.05) is 38.3 Å². The number of halogens is 2. The lowest BCUT2D eigenvalue weighted by atomic mass is 9.96. The predicted octanol–water partition coefficient (Wildman–Crippen LogP) is 5.31. The third kappa shape index (κ3) is 5.31. The number of phenols is 1. The first-order valence-electron chi connectivity index (χ1n) is 17.3. The minimum Gasteiger partial charge on any atom is -0.508 e. The van der Waals surface area contributed by atoms with E-state index in [4.69, 9.17) is 21.0 Å². The highest BCUT2D eigenvalue weighted by molar-refractivity contribution is 6.03. The Morgan fingerprint density at radius 2 is 1.86 bits per heavy atom. The summed E-state index contributed by atoms with van der Waals surface area (Å²) < 4.78 is 38.2. The summed E-state index contributed by atoms with van der Waals surface area (Å²) in [6.07, 6.45) is 17.7. The summed E-state index contributed by atoms with van der Waals surface area (Å²) in [5.74, 6) is 1.51. The number of oxime groups is 1. The molecule has 6 heterocycles. The highest BCUT2D eigenvalue weighted by Gasteiger charge is 2.49. The first-order valence-corrected chi connectivity index (χ1v) is 17.3. The Morgan fingerprint density at radius 1 is 1.10 bits per heavy atom. The van der Waals surface area contributed by atoms with E-state index in [1.165, 1.54) is 24.3 Å². The van der Waals surface area contributed by atoms with Crippen LogP contribution in [0.2, 0.25) is 0 Å². The fourth-order valence-corrected chi connectivity index (χ4v) is 8.47. The van der Waals surface area contributed by atoms with E-state index in [9.17, 15) is 9.50 Å². The van der Waals surface area contributed by atoms with Crippen LogP contribution in [0, 0.1) is 29.4 Å². The molecule has 2 aromatic heterocycles. The van der Waals surface area contributed by atoms with Crippen LogP contribution < -0.4 is 15.0 Å². The maximum atomic E-state index is 16.9. The van der Waals surface area contributed by atoms with E-state index in [0.29, 0.717) is 35.3 Å². The zero-order valence-corrected chi connectivity index (χ0v) is 27.7. The number of fused-ring (bicyclic) bond motifs is 6. The molecule has 9 rings (SSSR count). The van der Waals surface area contributed by atoms with Gasteiger partial charge < -0.3 is 24.9 Å². The van der Waals surface area contributed by atoms with Crippen LogP contribution >= 0.6 is 0 Å². The monoisotopic (exact) mass is 677 g/mol. The molecule has 256 valence electrons. The number of hydrogen-bond donors (Lipinski definition) is 2. The van der Waals surface area contributed by atoms with Crippen molar-refractivity contribution >= 4 is 33.2 Å². The maximum absolute atomic E-state index is 16.9. The fourth-order valence-electron chi connectivity index (χ4n) is 8.47. The van der Waals surface area contributed by atoms with E-state index < -0.39 is 11.6 Å². The van der Waals surface area contributed by atoms with Crippen molar-refractivity contribution in [1.82, 2.24) is 25.2 Å². The van der Waals surface area contributed by atoms with Crippen LogP contribution in [-0.4, -0.2) is 88.2 Å². The Labute approximate surface area is 288 Å². The van der Waals surface area contributed by atoms with Crippen LogP contribution in [0.25, 0.3) is 32.9 Å². The predicted molar refractivity (Wildman–Crippen MR) is 186 cm³/mol. The average molecular weight is 678 g/mol. The minimum absolute atomic E-state index is 0.0308. The number of ether oxygens (including phenoxy) is 1. The Balaban J connectivity index is 1.08. The number of rotatable bonds is 8. The van der Waals surface area contributed by atoms with Gasteiger partial charge in [-0.05, 0) is 49.3 Å². The second-order valence-corrected chi connectivity index (χ2v) is 14.4. The molecule has 0 amide bonds. The topological polar surface area (TPSA) is 108 Å². The molecule has 3 saturated heterocycles. The number of aromatic hydroxyl groups is 1. The quantitative estimate of drug-likeness (QED) is 0.146. The molecule has 10 nitrogen and oxygen atoms in total. The number of hydrogen-bond acceptors (Lipinski definition) is 10. The third-order valence-corrected chi connectivity index (χ3v) is 11.1. The van der Waals surface area contributed by atoms with Gasteiger partial charge in [0.05, 0.1) is 23.3 Å². The van der Waals surface area contributed by atoms with Crippen molar-refractivity contribution < 1.29 is 23.5 Å². The highest BCUT2D eigenvalue weighted by atomic mass is 19.1. The molecular formula is C38H37F2N7O3. The first-order chi connectivity index (χ1) is 24.3. The summed E-state index contributed by atoms with van der Waals surface area (Å²) in [6.45, 7) is 2.71. The Bertz CT molecular complexity index is 2120. The SMILES string of the molecule is C#Cc1c(F)ccc2cc(O)cc(-c3ncc4c(N5C[C@H]6CC[C@@H](C5)N6)nc(OCC5(CN6C7C=CC6CC(=NOC)C7)CC5)nc4c3F)c12. The van der Waals surface area contributed by atoms with Crippen LogP contribution in [0.15, 0.2) is 47.8 Å². The normalized spacial score (nSPS) is 24.9. The van der Waals surface area contributed by atoms with Gasteiger partial charge in [-0.15, -0.1) is 6.42 Å². The second kappa shape index (κ2) is 11.9. The number of phenolic OH excluding ortho intramolecular Hbond substituents is 1. The van der Waals surface area contributed by atoms with Gasteiger partial charge in [-0.3, -0.25) is 9.88 Å². The van der Waals surface area contributed by atoms with E-state index in [1.807, 2.05) is 0 Å². The molecule has 2 aromatic carbocycles. The maximum Gasteiger partial charge on any atom is 0.319 e. The number of anilines is 1. The van der Waals surface area contributed by atoms with Crippen LogP contribution in [-0.2, 0) is 4.84 Å². The number of aromatic nitrogens is 3. The molecule has 50 heavy (non-hydrogen) atoms. The molecule has 1 saturated carbocycles. The number of piperazine rings is 1.